The molecular weight excluding hydrogens is 346 g/mol. The van der Waals surface area contributed by atoms with Gasteiger partial charge in [0.25, 0.3) is 11.8 Å². The largest absolute Gasteiger partial charge is 0.381 e. The zero-order valence-electron chi connectivity index (χ0n) is 14.4. The Balaban J connectivity index is 1.54. The summed E-state index contributed by atoms with van der Waals surface area (Å²) in [6, 6.07) is 13.8. The maximum atomic E-state index is 12.8. The zero-order valence-corrected chi connectivity index (χ0v) is 14.4. The maximum absolute atomic E-state index is 12.8. The maximum Gasteiger partial charge on any atom is 0.262 e. The lowest BCUT2D eigenvalue weighted by atomic mass is 10.0. The number of piperidine rings is 1. The van der Waals surface area contributed by atoms with Gasteiger partial charge in [0.2, 0.25) is 11.8 Å². The second kappa shape index (κ2) is 6.68. The van der Waals surface area contributed by atoms with Crippen LogP contribution in [0.15, 0.2) is 48.5 Å². The molecule has 2 aromatic carbocycles. The van der Waals surface area contributed by atoms with Gasteiger partial charge in [-0.25, -0.2) is 0 Å². The molecule has 2 aliphatic rings. The molecule has 7 nitrogen and oxygen atoms in total. The van der Waals surface area contributed by atoms with E-state index in [4.69, 9.17) is 0 Å². The molecule has 1 atom stereocenters. The zero-order chi connectivity index (χ0) is 19.0. The van der Waals surface area contributed by atoms with Crippen LogP contribution in [0.2, 0.25) is 0 Å². The van der Waals surface area contributed by atoms with Gasteiger partial charge in [0, 0.05) is 18.7 Å². The van der Waals surface area contributed by atoms with Crippen molar-refractivity contribution in [2.75, 3.05) is 5.32 Å². The fourth-order valence-electron chi connectivity index (χ4n) is 3.38. The lowest BCUT2D eigenvalue weighted by Gasteiger charge is -2.27. The van der Waals surface area contributed by atoms with Gasteiger partial charge in [-0.3, -0.25) is 29.4 Å². The summed E-state index contributed by atoms with van der Waals surface area (Å²) in [5, 5.41) is 5.42. The number of nitrogens with one attached hydrogen (secondary N) is 2. The van der Waals surface area contributed by atoms with E-state index in [2.05, 4.69) is 10.6 Å². The summed E-state index contributed by atoms with van der Waals surface area (Å²) in [5.74, 6) is -2.00. The standard InChI is InChI=1S/C20H17N3O4/c24-17-9-8-16(18(25)22-17)23-19(26)14-7-6-13(10-15(14)20(23)27)21-11-12-4-2-1-3-5-12/h1-7,10,16,21H,8-9,11H2,(H,22,24,25). The highest BCUT2D eigenvalue weighted by atomic mass is 16.2. The number of anilines is 1. The van der Waals surface area contributed by atoms with Crippen LogP contribution < -0.4 is 10.6 Å². The average Bonchev–Trinajstić information content (AvgIpc) is 2.92. The molecule has 7 heteroatoms. The van der Waals surface area contributed by atoms with E-state index in [0.29, 0.717) is 12.2 Å². The summed E-state index contributed by atoms with van der Waals surface area (Å²) in [6.07, 6.45) is 0.253. The van der Waals surface area contributed by atoms with E-state index < -0.39 is 23.8 Å². The number of hydrogen-bond donors (Lipinski definition) is 2. The highest BCUT2D eigenvalue weighted by Crippen LogP contribution is 2.29. The van der Waals surface area contributed by atoms with E-state index in [1.54, 1.807) is 18.2 Å². The molecule has 1 fully saturated rings. The lowest BCUT2D eigenvalue weighted by Crippen LogP contribution is -2.54. The Morgan fingerprint density at radius 3 is 2.44 bits per heavy atom. The van der Waals surface area contributed by atoms with Crippen molar-refractivity contribution in [3.63, 3.8) is 0 Å². The third-order valence-electron chi connectivity index (χ3n) is 4.78. The molecule has 0 radical (unpaired) electrons. The molecule has 2 N–H and O–H groups in total. The van der Waals surface area contributed by atoms with Crippen LogP contribution in [0, 0.1) is 0 Å². The molecular formula is C20H17N3O4. The van der Waals surface area contributed by atoms with Crippen LogP contribution in [0.25, 0.3) is 0 Å². The number of amides is 4. The van der Waals surface area contributed by atoms with Crippen LogP contribution in [0.3, 0.4) is 0 Å². The SMILES string of the molecule is O=C1CCC(N2C(=O)c3ccc(NCc4ccccc4)cc3C2=O)C(=O)N1. The molecule has 0 aromatic heterocycles. The number of nitrogens with zero attached hydrogens (tertiary/aromatic N) is 1. The minimum absolute atomic E-state index is 0.105. The Morgan fingerprint density at radius 2 is 1.70 bits per heavy atom. The quantitative estimate of drug-likeness (QED) is 0.806. The highest BCUT2D eigenvalue weighted by Gasteiger charge is 2.44. The van der Waals surface area contributed by atoms with E-state index in [-0.39, 0.29) is 29.9 Å². The van der Waals surface area contributed by atoms with Crippen molar-refractivity contribution in [3.8, 4) is 0 Å². The fraction of sp³-hybridized carbons (Fsp3) is 0.200. The summed E-state index contributed by atoms with van der Waals surface area (Å²) in [6.45, 7) is 0.582. The van der Waals surface area contributed by atoms with Crippen LogP contribution in [-0.4, -0.2) is 34.6 Å². The molecule has 136 valence electrons. The Labute approximate surface area is 155 Å². The number of benzene rings is 2. The van der Waals surface area contributed by atoms with Crippen LogP contribution in [0.5, 0.6) is 0 Å². The molecule has 1 unspecified atom stereocenters. The number of carbonyl (C=O) groups excluding carboxylic acids is 4. The van der Waals surface area contributed by atoms with E-state index in [0.717, 1.165) is 10.5 Å². The van der Waals surface area contributed by atoms with Gasteiger partial charge < -0.3 is 5.32 Å². The summed E-state index contributed by atoms with van der Waals surface area (Å²) in [7, 11) is 0. The van der Waals surface area contributed by atoms with Gasteiger partial charge in [0.05, 0.1) is 11.1 Å². The third-order valence-corrected chi connectivity index (χ3v) is 4.78. The van der Waals surface area contributed by atoms with Gasteiger partial charge in [-0.2, -0.15) is 0 Å². The molecule has 2 aromatic rings. The van der Waals surface area contributed by atoms with Crippen LogP contribution in [-0.2, 0) is 16.1 Å². The Kier molecular flexibility index (Phi) is 4.19. The van der Waals surface area contributed by atoms with Gasteiger partial charge in [0.15, 0.2) is 0 Å². The van der Waals surface area contributed by atoms with Crippen molar-refractivity contribution in [1.29, 1.82) is 0 Å². The van der Waals surface area contributed by atoms with Gasteiger partial charge in [-0.05, 0) is 30.2 Å². The number of imide groups is 2. The van der Waals surface area contributed by atoms with Crippen molar-refractivity contribution in [1.82, 2.24) is 10.2 Å². The molecule has 4 rings (SSSR count). The second-order valence-electron chi connectivity index (χ2n) is 6.55. The monoisotopic (exact) mass is 363 g/mol. The first-order valence-corrected chi connectivity index (χ1v) is 8.68. The molecule has 2 heterocycles. The van der Waals surface area contributed by atoms with Gasteiger partial charge in [-0.1, -0.05) is 30.3 Å². The predicted octanol–water partition coefficient (Wildman–Crippen LogP) is 1.70. The Bertz CT molecular complexity index is 955. The number of carbonyl (C=O) groups is 4. The number of hydrogen-bond acceptors (Lipinski definition) is 5. The summed E-state index contributed by atoms with van der Waals surface area (Å²) in [4.78, 5) is 49.8. The van der Waals surface area contributed by atoms with Crippen LogP contribution >= 0.6 is 0 Å². The molecule has 27 heavy (non-hydrogen) atoms. The van der Waals surface area contributed by atoms with Crippen molar-refractivity contribution < 1.29 is 19.2 Å². The molecule has 4 amide bonds. The Hall–Kier alpha value is -3.48. The smallest absolute Gasteiger partial charge is 0.262 e. The molecule has 2 aliphatic heterocycles. The number of rotatable bonds is 4. The number of fused-ring (bicyclic) bond motifs is 1. The predicted molar refractivity (Wildman–Crippen MR) is 96.9 cm³/mol. The molecule has 0 aliphatic carbocycles. The lowest BCUT2D eigenvalue weighted by molar-refractivity contribution is -0.136. The Morgan fingerprint density at radius 1 is 0.963 bits per heavy atom. The van der Waals surface area contributed by atoms with Crippen molar-refractivity contribution >= 4 is 29.3 Å². The summed E-state index contributed by atoms with van der Waals surface area (Å²) in [5.41, 5.74) is 2.34. The second-order valence-corrected chi connectivity index (χ2v) is 6.55. The van der Waals surface area contributed by atoms with Crippen LogP contribution in [0.1, 0.15) is 39.1 Å². The molecule has 1 saturated heterocycles. The normalized spacial score (nSPS) is 19.1. The molecule has 0 saturated carbocycles. The first kappa shape index (κ1) is 17.0. The van der Waals surface area contributed by atoms with Gasteiger partial charge in [-0.15, -0.1) is 0 Å². The van der Waals surface area contributed by atoms with E-state index in [1.807, 2.05) is 30.3 Å². The van der Waals surface area contributed by atoms with E-state index in [9.17, 15) is 19.2 Å². The van der Waals surface area contributed by atoms with E-state index in [1.165, 1.54) is 0 Å². The fourth-order valence-corrected chi connectivity index (χ4v) is 3.38. The minimum atomic E-state index is -0.948. The van der Waals surface area contributed by atoms with Gasteiger partial charge >= 0.3 is 0 Å². The third kappa shape index (κ3) is 3.08. The minimum Gasteiger partial charge on any atom is -0.381 e. The van der Waals surface area contributed by atoms with Crippen molar-refractivity contribution in [2.24, 2.45) is 0 Å². The topological polar surface area (TPSA) is 95.6 Å². The van der Waals surface area contributed by atoms with Crippen molar-refractivity contribution in [3.05, 3.63) is 65.2 Å². The van der Waals surface area contributed by atoms with Crippen molar-refractivity contribution in [2.45, 2.75) is 25.4 Å². The summed E-state index contributed by atoms with van der Waals surface area (Å²) < 4.78 is 0. The first-order chi connectivity index (χ1) is 13.0. The first-order valence-electron chi connectivity index (χ1n) is 8.68. The van der Waals surface area contributed by atoms with Gasteiger partial charge in [0.1, 0.15) is 6.04 Å². The average molecular weight is 363 g/mol. The molecule has 0 spiro atoms. The van der Waals surface area contributed by atoms with Crippen LogP contribution in [0.4, 0.5) is 5.69 Å². The summed E-state index contributed by atoms with van der Waals surface area (Å²) >= 11 is 0. The highest BCUT2D eigenvalue weighted by molar-refractivity contribution is 6.23. The molecule has 0 bridgehead atoms. The van der Waals surface area contributed by atoms with E-state index >= 15 is 0 Å².